The standard InChI is InChI=1S/C20H19F2N7O2/c1-27-15-7-9-23-28(15)10-8-13(18(27)31)24-17(30)16-25-19-20(21,22)11-14(29(19)26-16)12-5-3-2-4-6-12/h2-7,9,13-14H,8,10-11H2,1H3,(H,24,30)/t13-,14+/m0/s1. The molecule has 4 heterocycles. The van der Waals surface area contributed by atoms with Gasteiger partial charge in [0.15, 0.2) is 5.82 Å². The van der Waals surface area contributed by atoms with Crippen molar-refractivity contribution in [1.82, 2.24) is 29.9 Å². The number of aromatic nitrogens is 5. The Bertz CT molecular complexity index is 1160. The first kappa shape index (κ1) is 19.3. The van der Waals surface area contributed by atoms with Crippen molar-refractivity contribution >= 4 is 17.6 Å². The van der Waals surface area contributed by atoms with Gasteiger partial charge in [0, 0.05) is 26.1 Å². The third kappa shape index (κ3) is 3.16. The first-order valence-electron chi connectivity index (χ1n) is 9.85. The number of nitrogens with zero attached hydrogens (tertiary/aromatic N) is 6. The summed E-state index contributed by atoms with van der Waals surface area (Å²) in [6, 6.07) is 8.93. The second-order valence-corrected chi connectivity index (χ2v) is 7.66. The molecule has 2 aliphatic rings. The number of hydrogen-bond acceptors (Lipinski definition) is 5. The van der Waals surface area contributed by atoms with Gasteiger partial charge in [-0.25, -0.2) is 14.3 Å². The molecule has 9 nitrogen and oxygen atoms in total. The Morgan fingerprint density at radius 2 is 2.00 bits per heavy atom. The van der Waals surface area contributed by atoms with Gasteiger partial charge in [-0.3, -0.25) is 14.5 Å². The van der Waals surface area contributed by atoms with Crippen molar-refractivity contribution in [1.29, 1.82) is 0 Å². The van der Waals surface area contributed by atoms with Crippen LogP contribution >= 0.6 is 0 Å². The number of aryl methyl sites for hydroxylation is 1. The zero-order valence-corrected chi connectivity index (χ0v) is 16.6. The lowest BCUT2D eigenvalue weighted by Gasteiger charge is -2.20. The number of rotatable bonds is 3. The highest BCUT2D eigenvalue weighted by Crippen LogP contribution is 2.45. The topological polar surface area (TPSA) is 97.9 Å². The monoisotopic (exact) mass is 427 g/mol. The summed E-state index contributed by atoms with van der Waals surface area (Å²) in [6.07, 6.45) is 1.43. The third-order valence-corrected chi connectivity index (χ3v) is 5.69. The molecule has 0 bridgehead atoms. The molecule has 0 unspecified atom stereocenters. The molecule has 3 aromatic rings. The molecule has 11 heteroatoms. The fourth-order valence-corrected chi connectivity index (χ4v) is 4.10. The molecule has 0 spiro atoms. The molecule has 2 aliphatic heterocycles. The maximum Gasteiger partial charge on any atom is 0.308 e. The minimum atomic E-state index is -3.21. The fourth-order valence-electron chi connectivity index (χ4n) is 4.10. The van der Waals surface area contributed by atoms with Crippen molar-refractivity contribution in [3.05, 3.63) is 59.8 Å². The second kappa shape index (κ2) is 6.96. The van der Waals surface area contributed by atoms with Gasteiger partial charge in [-0.1, -0.05) is 30.3 Å². The van der Waals surface area contributed by atoms with Gasteiger partial charge >= 0.3 is 5.92 Å². The molecule has 0 radical (unpaired) electrons. The van der Waals surface area contributed by atoms with E-state index in [-0.39, 0.29) is 11.7 Å². The average molecular weight is 427 g/mol. The summed E-state index contributed by atoms with van der Waals surface area (Å²) in [6.45, 7) is 0.421. The molecule has 2 amide bonds. The molecule has 0 saturated heterocycles. The van der Waals surface area contributed by atoms with Crippen LogP contribution in [0.1, 0.15) is 40.9 Å². The number of halogens is 2. The van der Waals surface area contributed by atoms with E-state index < -0.39 is 36.2 Å². The van der Waals surface area contributed by atoms with Gasteiger partial charge in [-0.2, -0.15) is 13.9 Å². The number of hydrogen-bond donors (Lipinski definition) is 1. The van der Waals surface area contributed by atoms with Gasteiger partial charge in [0.05, 0.1) is 12.2 Å². The lowest BCUT2D eigenvalue weighted by Crippen LogP contribution is -2.47. The number of anilines is 1. The highest BCUT2D eigenvalue weighted by molar-refractivity contribution is 6.00. The van der Waals surface area contributed by atoms with Crippen LogP contribution in [0.4, 0.5) is 14.6 Å². The van der Waals surface area contributed by atoms with E-state index in [9.17, 15) is 18.4 Å². The minimum Gasteiger partial charge on any atom is -0.337 e. The van der Waals surface area contributed by atoms with E-state index >= 15 is 0 Å². The van der Waals surface area contributed by atoms with Crippen molar-refractivity contribution in [2.45, 2.75) is 37.4 Å². The van der Waals surface area contributed by atoms with Crippen LogP contribution in [0, 0.1) is 0 Å². The van der Waals surface area contributed by atoms with Crippen LogP contribution in [0.15, 0.2) is 42.6 Å². The number of carbonyl (C=O) groups excluding carboxylic acids is 2. The lowest BCUT2D eigenvalue weighted by molar-refractivity contribution is -0.120. The summed E-state index contributed by atoms with van der Waals surface area (Å²) in [5.41, 5.74) is 0.660. The first-order valence-corrected chi connectivity index (χ1v) is 9.85. The highest BCUT2D eigenvalue weighted by atomic mass is 19.3. The Hall–Kier alpha value is -3.63. The van der Waals surface area contributed by atoms with Gasteiger partial charge in [-0.15, -0.1) is 5.10 Å². The summed E-state index contributed by atoms with van der Waals surface area (Å²) in [4.78, 5) is 30.8. The average Bonchev–Trinajstić information content (AvgIpc) is 3.45. The molecular weight excluding hydrogens is 408 g/mol. The molecule has 2 atom stereocenters. The number of alkyl halides is 2. The molecule has 1 aromatic carbocycles. The Labute approximate surface area is 175 Å². The minimum absolute atomic E-state index is 0.306. The smallest absolute Gasteiger partial charge is 0.308 e. The quantitative estimate of drug-likeness (QED) is 0.687. The van der Waals surface area contributed by atoms with Crippen LogP contribution in [0.5, 0.6) is 0 Å². The van der Waals surface area contributed by atoms with E-state index in [1.807, 2.05) is 0 Å². The molecular formula is C20H19F2N7O2. The van der Waals surface area contributed by atoms with Crippen LogP contribution < -0.4 is 10.2 Å². The van der Waals surface area contributed by atoms with Crippen molar-refractivity contribution in [3.8, 4) is 0 Å². The molecule has 2 aromatic heterocycles. The molecule has 0 fully saturated rings. The van der Waals surface area contributed by atoms with Gasteiger partial charge in [0.2, 0.25) is 5.82 Å². The number of fused-ring (bicyclic) bond motifs is 2. The number of nitrogens with one attached hydrogen (secondary N) is 1. The SMILES string of the molecule is CN1C(=O)[C@@H](NC(=O)c2nc3n(n2)[C@@H](c2ccccc2)CC3(F)F)CCn2nccc21. The first-order chi connectivity index (χ1) is 14.8. The van der Waals surface area contributed by atoms with Crippen LogP contribution in [-0.4, -0.2) is 49.4 Å². The predicted octanol–water partition coefficient (Wildman–Crippen LogP) is 1.72. The highest BCUT2D eigenvalue weighted by Gasteiger charge is 2.49. The Kier molecular flexibility index (Phi) is 4.34. The van der Waals surface area contributed by atoms with Crippen LogP contribution in [0.2, 0.25) is 0 Å². The van der Waals surface area contributed by atoms with Crippen molar-refractivity contribution in [2.75, 3.05) is 11.9 Å². The summed E-state index contributed by atoms with van der Waals surface area (Å²) in [5, 5.41) is 10.8. The van der Waals surface area contributed by atoms with Gasteiger partial charge < -0.3 is 5.32 Å². The fraction of sp³-hybridized carbons (Fsp3) is 0.350. The number of likely N-dealkylation sites (N-methyl/N-ethyl adjacent to an activating group) is 1. The summed E-state index contributed by atoms with van der Waals surface area (Å²) >= 11 is 0. The zero-order valence-electron chi connectivity index (χ0n) is 16.6. The van der Waals surface area contributed by atoms with E-state index in [2.05, 4.69) is 20.5 Å². The van der Waals surface area contributed by atoms with Crippen molar-refractivity contribution in [3.63, 3.8) is 0 Å². The van der Waals surface area contributed by atoms with E-state index in [0.29, 0.717) is 24.3 Å². The van der Waals surface area contributed by atoms with E-state index in [4.69, 9.17) is 0 Å². The maximum atomic E-state index is 14.6. The number of benzene rings is 1. The molecule has 1 N–H and O–H groups in total. The lowest BCUT2D eigenvalue weighted by atomic mass is 10.0. The number of carbonyl (C=O) groups is 2. The summed E-state index contributed by atoms with van der Waals surface area (Å²) in [5.74, 6) is -4.61. The van der Waals surface area contributed by atoms with Crippen molar-refractivity contribution < 1.29 is 18.4 Å². The molecule has 31 heavy (non-hydrogen) atoms. The summed E-state index contributed by atoms with van der Waals surface area (Å²) in [7, 11) is 1.59. The molecule has 160 valence electrons. The summed E-state index contributed by atoms with van der Waals surface area (Å²) < 4.78 is 31.9. The Morgan fingerprint density at radius 1 is 1.23 bits per heavy atom. The van der Waals surface area contributed by atoms with Gasteiger partial charge in [0.25, 0.3) is 11.8 Å². The Balaban J connectivity index is 1.39. The van der Waals surface area contributed by atoms with Crippen LogP contribution in [-0.2, 0) is 17.3 Å². The van der Waals surface area contributed by atoms with E-state index in [0.717, 1.165) is 4.68 Å². The Morgan fingerprint density at radius 3 is 2.77 bits per heavy atom. The predicted molar refractivity (Wildman–Crippen MR) is 105 cm³/mol. The normalized spacial score (nSPS) is 22.0. The van der Waals surface area contributed by atoms with Crippen LogP contribution in [0.25, 0.3) is 0 Å². The maximum absolute atomic E-state index is 14.6. The third-order valence-electron chi connectivity index (χ3n) is 5.69. The van der Waals surface area contributed by atoms with E-state index in [1.165, 1.54) is 4.90 Å². The van der Waals surface area contributed by atoms with Crippen molar-refractivity contribution in [2.24, 2.45) is 0 Å². The van der Waals surface area contributed by atoms with Gasteiger partial charge in [0.1, 0.15) is 11.9 Å². The molecule has 5 rings (SSSR count). The zero-order chi connectivity index (χ0) is 21.8. The van der Waals surface area contributed by atoms with Gasteiger partial charge in [-0.05, 0) is 12.0 Å². The molecule has 0 saturated carbocycles. The number of amides is 2. The molecule has 0 aliphatic carbocycles. The second-order valence-electron chi connectivity index (χ2n) is 7.66. The largest absolute Gasteiger partial charge is 0.337 e. The van der Waals surface area contributed by atoms with E-state index in [1.54, 1.807) is 54.3 Å². The van der Waals surface area contributed by atoms with Crippen LogP contribution in [0.3, 0.4) is 0 Å².